The van der Waals surface area contributed by atoms with Crippen molar-refractivity contribution in [3.63, 3.8) is 0 Å². The van der Waals surface area contributed by atoms with Crippen molar-refractivity contribution in [3.8, 4) is 0 Å². The normalized spacial score (nSPS) is 32.0. The van der Waals surface area contributed by atoms with Crippen molar-refractivity contribution in [2.24, 2.45) is 11.2 Å². The van der Waals surface area contributed by atoms with E-state index in [1.807, 2.05) is 0 Å². The van der Waals surface area contributed by atoms with E-state index in [0.29, 0.717) is 9.91 Å². The number of nitroso groups, excluding NO2 is 1. The lowest BCUT2D eigenvalue weighted by Crippen LogP contribution is -2.69. The molecule has 12 nitrogen and oxygen atoms in total. The molecule has 170 valence electrons. The third kappa shape index (κ3) is 6.18. The smallest absolute Gasteiger partial charge is 0.345 e. The van der Waals surface area contributed by atoms with E-state index in [9.17, 15) is 40.3 Å². The summed E-state index contributed by atoms with van der Waals surface area (Å²) in [5, 5.41) is 64.5. The molecule has 1 fully saturated rings. The Morgan fingerprint density at radius 1 is 1.21 bits per heavy atom. The van der Waals surface area contributed by atoms with Gasteiger partial charge in [0.15, 0.2) is 12.0 Å². The maximum atomic E-state index is 12.6. The van der Waals surface area contributed by atoms with Crippen LogP contribution in [-0.4, -0.2) is 108 Å². The zero-order valence-corrected chi connectivity index (χ0v) is 17.3. The second kappa shape index (κ2) is 10.8. The first-order valence-corrected chi connectivity index (χ1v) is 9.70. The zero-order valence-electron chi connectivity index (χ0n) is 16.5. The molecule has 2 amide bonds. The van der Waals surface area contributed by atoms with Crippen LogP contribution in [0.2, 0.25) is 0 Å². The van der Waals surface area contributed by atoms with Crippen LogP contribution in [0.3, 0.4) is 0 Å². The zero-order chi connectivity index (χ0) is 22.5. The molecule has 1 aliphatic rings. The molecule has 2 unspecified atom stereocenters. The highest BCUT2D eigenvalue weighted by Crippen LogP contribution is 2.35. The second-order valence-electron chi connectivity index (χ2n) is 7.54. The maximum absolute atomic E-state index is 12.6. The first-order valence-electron chi connectivity index (χ1n) is 9.17. The van der Waals surface area contributed by atoms with E-state index in [1.54, 1.807) is 13.8 Å². The number of carbonyl (C=O) groups is 1. The van der Waals surface area contributed by atoms with Crippen molar-refractivity contribution in [3.05, 3.63) is 4.91 Å². The minimum absolute atomic E-state index is 0.141. The van der Waals surface area contributed by atoms with Gasteiger partial charge in [-0.1, -0.05) is 13.8 Å². The molecular formula is C16H30ClN3O9. The largest absolute Gasteiger partial charge is 0.392 e. The number of alkyl halides is 1. The third-order valence-electron chi connectivity index (χ3n) is 4.45. The first kappa shape index (κ1) is 25.9. The SMILES string of the molecule is CC(C)C[C@]1(O)O[C@H](C(O)N(CC(C)O)C(=O)N(CCCl)N=O)[C@@H](O)[C@H](O)[C@H]1O. The molecule has 1 rings (SSSR count). The fourth-order valence-corrected chi connectivity index (χ4v) is 3.34. The Morgan fingerprint density at radius 3 is 2.24 bits per heavy atom. The van der Waals surface area contributed by atoms with Crippen LogP contribution in [0.4, 0.5) is 4.79 Å². The van der Waals surface area contributed by atoms with Crippen molar-refractivity contribution in [1.29, 1.82) is 0 Å². The molecule has 0 aromatic rings. The second-order valence-corrected chi connectivity index (χ2v) is 7.92. The number of aliphatic hydroxyl groups excluding tert-OH is 5. The molecule has 13 heteroatoms. The van der Waals surface area contributed by atoms with Gasteiger partial charge in [-0.2, -0.15) is 5.01 Å². The van der Waals surface area contributed by atoms with Gasteiger partial charge in [0.2, 0.25) is 0 Å². The van der Waals surface area contributed by atoms with Gasteiger partial charge in [0.25, 0.3) is 0 Å². The number of hydrogen-bond acceptors (Lipinski definition) is 10. The molecule has 0 saturated carbocycles. The molecule has 0 bridgehead atoms. The lowest BCUT2D eigenvalue weighted by molar-refractivity contribution is -0.367. The number of aliphatic hydroxyl groups is 6. The fraction of sp³-hybridized carbons (Fsp3) is 0.938. The molecule has 0 aliphatic carbocycles. The molecule has 6 N–H and O–H groups in total. The Hall–Kier alpha value is -1.12. The molecule has 1 saturated heterocycles. The number of amides is 2. The maximum Gasteiger partial charge on any atom is 0.345 e. The van der Waals surface area contributed by atoms with E-state index < -0.39 is 55.1 Å². The number of ether oxygens (including phenoxy) is 1. The lowest BCUT2D eigenvalue weighted by atomic mass is 9.87. The van der Waals surface area contributed by atoms with Crippen LogP contribution in [-0.2, 0) is 4.74 Å². The van der Waals surface area contributed by atoms with Crippen molar-refractivity contribution < 1.29 is 40.2 Å². The molecule has 0 aromatic carbocycles. The summed E-state index contributed by atoms with van der Waals surface area (Å²) in [6, 6.07) is -1.14. The molecule has 0 radical (unpaired) electrons. The molecule has 1 aliphatic heterocycles. The minimum Gasteiger partial charge on any atom is -0.392 e. The van der Waals surface area contributed by atoms with Crippen LogP contribution < -0.4 is 0 Å². The summed E-state index contributed by atoms with van der Waals surface area (Å²) in [5.41, 5.74) is 0. The Kier molecular flexibility index (Phi) is 9.63. The monoisotopic (exact) mass is 443 g/mol. The van der Waals surface area contributed by atoms with E-state index in [1.165, 1.54) is 6.92 Å². The molecule has 0 aromatic heterocycles. The van der Waals surface area contributed by atoms with Gasteiger partial charge in [0.05, 0.1) is 24.5 Å². The van der Waals surface area contributed by atoms with Crippen LogP contribution in [0, 0.1) is 10.8 Å². The summed E-state index contributed by atoms with van der Waals surface area (Å²) in [5.74, 6) is -2.67. The minimum atomic E-state index is -2.32. The highest BCUT2D eigenvalue weighted by Gasteiger charge is 2.55. The molecule has 0 spiro atoms. The van der Waals surface area contributed by atoms with Gasteiger partial charge >= 0.3 is 6.03 Å². The van der Waals surface area contributed by atoms with Crippen molar-refractivity contribution in [1.82, 2.24) is 9.91 Å². The summed E-state index contributed by atoms with van der Waals surface area (Å²) in [6.07, 6.45) is -10.8. The quantitative estimate of drug-likeness (QED) is 0.107. The van der Waals surface area contributed by atoms with Crippen LogP contribution in [0.25, 0.3) is 0 Å². The molecule has 1 heterocycles. The summed E-state index contributed by atoms with van der Waals surface area (Å²) < 4.78 is 5.34. The van der Waals surface area contributed by atoms with E-state index in [4.69, 9.17) is 16.3 Å². The van der Waals surface area contributed by atoms with E-state index >= 15 is 0 Å². The van der Waals surface area contributed by atoms with Crippen LogP contribution in [0.1, 0.15) is 27.2 Å². The number of rotatable bonds is 9. The van der Waals surface area contributed by atoms with Gasteiger partial charge < -0.3 is 35.4 Å². The molecule has 7 atom stereocenters. The summed E-state index contributed by atoms with van der Waals surface area (Å²) in [6.45, 7) is 3.93. The number of halogens is 1. The summed E-state index contributed by atoms with van der Waals surface area (Å²) >= 11 is 5.52. The number of urea groups is 1. The van der Waals surface area contributed by atoms with Gasteiger partial charge in [-0.3, -0.25) is 4.90 Å². The van der Waals surface area contributed by atoms with Crippen LogP contribution in [0.5, 0.6) is 0 Å². The fourth-order valence-electron chi connectivity index (χ4n) is 3.18. The Balaban J connectivity index is 3.22. The predicted molar refractivity (Wildman–Crippen MR) is 100 cm³/mol. The van der Waals surface area contributed by atoms with Gasteiger partial charge in [0.1, 0.15) is 24.4 Å². The molecule has 29 heavy (non-hydrogen) atoms. The lowest BCUT2D eigenvalue weighted by Gasteiger charge is -2.49. The van der Waals surface area contributed by atoms with E-state index in [2.05, 4.69) is 5.29 Å². The highest BCUT2D eigenvalue weighted by molar-refractivity contribution is 6.18. The van der Waals surface area contributed by atoms with Crippen molar-refractivity contribution in [2.75, 3.05) is 19.0 Å². The topological polar surface area (TPSA) is 184 Å². The van der Waals surface area contributed by atoms with Crippen LogP contribution >= 0.6 is 11.6 Å². The number of hydrogen-bond donors (Lipinski definition) is 6. The van der Waals surface area contributed by atoms with Gasteiger partial charge in [0, 0.05) is 12.3 Å². The Bertz CT molecular complexity index is 556. The average Bonchev–Trinajstić information content (AvgIpc) is 2.63. The van der Waals surface area contributed by atoms with Gasteiger partial charge in [-0.15, -0.1) is 16.5 Å². The third-order valence-corrected chi connectivity index (χ3v) is 4.62. The standard InChI is InChI=1S/C16H30ClN3O9/c1-8(2)6-16(27)13(24)11(23)10(22)12(29-16)14(25)19(7-9(3)21)15(26)20(18-28)5-4-17/h8-14,21-25,27H,4-7H2,1-3H3/t9?,10-,11-,12-,13+,14?,16-/m0/s1. The van der Waals surface area contributed by atoms with Gasteiger partial charge in [-0.25, -0.2) is 4.79 Å². The van der Waals surface area contributed by atoms with Crippen molar-refractivity contribution >= 4 is 17.6 Å². The van der Waals surface area contributed by atoms with Crippen LogP contribution in [0.15, 0.2) is 5.29 Å². The number of nitrogens with zero attached hydrogens (tertiary/aromatic N) is 3. The summed E-state index contributed by atoms with van der Waals surface area (Å²) in [7, 11) is 0. The molecular weight excluding hydrogens is 414 g/mol. The summed E-state index contributed by atoms with van der Waals surface area (Å²) in [4.78, 5) is 24.1. The number of carbonyl (C=O) groups excluding carboxylic acids is 1. The van der Waals surface area contributed by atoms with E-state index in [-0.39, 0.29) is 24.8 Å². The Labute approximate surface area is 173 Å². The van der Waals surface area contributed by atoms with E-state index in [0.717, 1.165) is 0 Å². The van der Waals surface area contributed by atoms with Gasteiger partial charge in [-0.05, 0) is 12.8 Å². The average molecular weight is 444 g/mol. The Morgan fingerprint density at radius 2 is 1.79 bits per heavy atom. The van der Waals surface area contributed by atoms with Crippen molar-refractivity contribution in [2.45, 2.75) is 69.7 Å². The first-order chi connectivity index (χ1) is 13.4. The highest BCUT2D eigenvalue weighted by atomic mass is 35.5. The predicted octanol–water partition coefficient (Wildman–Crippen LogP) is -1.45.